The molecule has 7 heteroatoms. The zero-order chi connectivity index (χ0) is 15.3. The Kier molecular flexibility index (Phi) is 5.87. The van der Waals surface area contributed by atoms with Gasteiger partial charge >= 0.3 is 6.09 Å². The first-order valence-electron chi connectivity index (χ1n) is 7.60. The summed E-state index contributed by atoms with van der Waals surface area (Å²) in [6.45, 7) is 3.15. The zero-order valence-corrected chi connectivity index (χ0v) is 13.8. The minimum absolute atomic E-state index is 0.0764. The summed E-state index contributed by atoms with van der Waals surface area (Å²) in [6, 6.07) is 0. The molecule has 2 heterocycles. The Morgan fingerprint density at radius 1 is 1.33 bits per heavy atom. The standard InChI is InChI=1S/C14H26N2O4S/c1-21(2,18)15-10-12-5-7-16(8-6-12)14(17)20-11-13-4-3-9-19-13/h12-13H,3-11H2,1-2H3. The van der Waals surface area contributed by atoms with E-state index >= 15 is 0 Å². The van der Waals surface area contributed by atoms with Gasteiger partial charge in [-0.05, 0) is 31.6 Å². The molecule has 1 atom stereocenters. The van der Waals surface area contributed by atoms with Gasteiger partial charge in [-0.2, -0.15) is 0 Å². The molecule has 2 saturated heterocycles. The van der Waals surface area contributed by atoms with Crippen molar-refractivity contribution in [2.45, 2.75) is 31.8 Å². The number of amides is 1. The van der Waals surface area contributed by atoms with E-state index in [9.17, 15) is 9.00 Å². The van der Waals surface area contributed by atoms with Crippen LogP contribution >= 0.6 is 0 Å². The summed E-state index contributed by atoms with van der Waals surface area (Å²) in [6.07, 6.45) is 6.97. The first kappa shape index (κ1) is 16.5. The average molecular weight is 318 g/mol. The normalized spacial score (nSPS) is 24.1. The van der Waals surface area contributed by atoms with Gasteiger partial charge in [0.15, 0.2) is 0 Å². The van der Waals surface area contributed by atoms with Crippen LogP contribution in [0.25, 0.3) is 0 Å². The SMILES string of the molecule is CS(C)(=O)=NCC1CCN(C(=O)OCC2CCCO2)CC1. The minimum Gasteiger partial charge on any atom is -0.447 e. The smallest absolute Gasteiger partial charge is 0.409 e. The number of nitrogens with zero attached hydrogens (tertiary/aromatic N) is 2. The highest BCUT2D eigenvalue weighted by atomic mass is 32.2. The maximum Gasteiger partial charge on any atom is 0.409 e. The Balaban J connectivity index is 1.68. The van der Waals surface area contributed by atoms with Crippen molar-refractivity contribution < 1.29 is 18.5 Å². The lowest BCUT2D eigenvalue weighted by Gasteiger charge is -2.30. The van der Waals surface area contributed by atoms with Crippen LogP contribution in [-0.4, -0.2) is 66.7 Å². The van der Waals surface area contributed by atoms with Crippen molar-refractivity contribution in [3.05, 3.63) is 0 Å². The van der Waals surface area contributed by atoms with Crippen molar-refractivity contribution in [1.29, 1.82) is 0 Å². The van der Waals surface area contributed by atoms with Gasteiger partial charge in [-0.15, -0.1) is 0 Å². The Labute approximate surface area is 127 Å². The average Bonchev–Trinajstić information content (AvgIpc) is 2.95. The molecule has 0 aromatic carbocycles. The highest BCUT2D eigenvalue weighted by Gasteiger charge is 2.25. The number of carbonyl (C=O) groups is 1. The van der Waals surface area contributed by atoms with Gasteiger partial charge in [-0.3, -0.25) is 4.21 Å². The summed E-state index contributed by atoms with van der Waals surface area (Å²) < 4.78 is 26.5. The molecule has 2 rings (SSSR count). The quantitative estimate of drug-likeness (QED) is 0.792. The van der Waals surface area contributed by atoms with E-state index in [0.717, 1.165) is 32.3 Å². The Bertz CT molecular complexity index is 452. The van der Waals surface area contributed by atoms with Crippen LogP contribution in [0.5, 0.6) is 0 Å². The fourth-order valence-corrected chi connectivity index (χ4v) is 3.18. The molecule has 0 spiro atoms. The number of carbonyl (C=O) groups excluding carboxylic acids is 1. The van der Waals surface area contributed by atoms with Crippen LogP contribution in [0.2, 0.25) is 0 Å². The van der Waals surface area contributed by atoms with E-state index < -0.39 is 9.73 Å². The third-order valence-electron chi connectivity index (χ3n) is 3.93. The molecule has 0 aromatic heterocycles. The van der Waals surface area contributed by atoms with E-state index in [1.165, 1.54) is 0 Å². The van der Waals surface area contributed by atoms with E-state index in [2.05, 4.69) is 4.36 Å². The molecule has 0 aliphatic carbocycles. The lowest BCUT2D eigenvalue weighted by atomic mass is 9.97. The molecule has 0 N–H and O–H groups in total. The van der Waals surface area contributed by atoms with E-state index in [1.807, 2.05) is 0 Å². The first-order chi connectivity index (χ1) is 9.94. The minimum atomic E-state index is -2.02. The molecule has 6 nitrogen and oxygen atoms in total. The molecule has 122 valence electrons. The summed E-state index contributed by atoms with van der Waals surface area (Å²) in [5, 5.41) is 0. The Hall–Kier alpha value is -0.820. The number of ether oxygens (including phenoxy) is 2. The zero-order valence-electron chi connectivity index (χ0n) is 13.0. The molecule has 2 aliphatic heterocycles. The molecule has 2 fully saturated rings. The monoisotopic (exact) mass is 318 g/mol. The highest BCUT2D eigenvalue weighted by molar-refractivity contribution is 7.92. The van der Waals surface area contributed by atoms with Gasteiger partial charge in [-0.25, -0.2) is 9.16 Å². The fraction of sp³-hybridized carbons (Fsp3) is 0.929. The predicted octanol–water partition coefficient (Wildman–Crippen LogP) is 1.74. The van der Waals surface area contributed by atoms with E-state index in [4.69, 9.17) is 9.47 Å². The van der Waals surface area contributed by atoms with Crippen molar-refractivity contribution in [3.8, 4) is 0 Å². The van der Waals surface area contributed by atoms with Gasteiger partial charge in [0.1, 0.15) is 6.61 Å². The second kappa shape index (κ2) is 7.45. The first-order valence-corrected chi connectivity index (χ1v) is 9.93. The second-order valence-electron chi connectivity index (χ2n) is 6.14. The fourth-order valence-electron chi connectivity index (χ4n) is 2.61. The van der Waals surface area contributed by atoms with E-state index in [0.29, 0.717) is 32.2 Å². The molecular formula is C14H26N2O4S. The summed E-state index contributed by atoms with van der Waals surface area (Å²) in [5.74, 6) is 0.424. The van der Waals surface area contributed by atoms with Crippen molar-refractivity contribution in [2.24, 2.45) is 10.3 Å². The number of likely N-dealkylation sites (tertiary alicyclic amines) is 1. The third-order valence-corrected chi connectivity index (χ3v) is 4.70. The molecule has 0 aromatic rings. The highest BCUT2D eigenvalue weighted by Crippen LogP contribution is 2.19. The van der Waals surface area contributed by atoms with Crippen molar-refractivity contribution in [3.63, 3.8) is 0 Å². The molecule has 1 unspecified atom stereocenters. The van der Waals surface area contributed by atoms with Gasteiger partial charge < -0.3 is 14.4 Å². The lowest BCUT2D eigenvalue weighted by molar-refractivity contribution is 0.0260. The molecule has 2 aliphatic rings. The van der Waals surface area contributed by atoms with Crippen LogP contribution in [0.15, 0.2) is 4.36 Å². The summed E-state index contributed by atoms with van der Waals surface area (Å²) in [5.41, 5.74) is 0. The molecule has 1 amide bonds. The van der Waals surface area contributed by atoms with Crippen molar-refractivity contribution >= 4 is 15.8 Å². The Morgan fingerprint density at radius 2 is 2.05 bits per heavy atom. The van der Waals surface area contributed by atoms with Gasteiger partial charge in [0, 0.05) is 41.9 Å². The summed E-state index contributed by atoms with van der Waals surface area (Å²) >= 11 is 0. The Morgan fingerprint density at radius 3 is 2.62 bits per heavy atom. The van der Waals surface area contributed by atoms with Crippen LogP contribution in [0.1, 0.15) is 25.7 Å². The topological polar surface area (TPSA) is 68.2 Å². The van der Waals surface area contributed by atoms with Crippen LogP contribution in [0.3, 0.4) is 0 Å². The number of rotatable bonds is 4. The number of hydrogen-bond acceptors (Lipinski definition) is 5. The number of piperidine rings is 1. The number of hydrogen-bond donors (Lipinski definition) is 0. The molecule has 0 saturated carbocycles. The maximum absolute atomic E-state index is 12.0. The van der Waals surface area contributed by atoms with Crippen LogP contribution in [-0.2, 0) is 19.2 Å². The molecule has 21 heavy (non-hydrogen) atoms. The maximum atomic E-state index is 12.0. The molecular weight excluding hydrogens is 292 g/mol. The lowest BCUT2D eigenvalue weighted by Crippen LogP contribution is -2.40. The van der Waals surface area contributed by atoms with Gasteiger partial charge in [0.25, 0.3) is 0 Å². The van der Waals surface area contributed by atoms with E-state index in [1.54, 1.807) is 17.4 Å². The van der Waals surface area contributed by atoms with Crippen LogP contribution < -0.4 is 0 Å². The van der Waals surface area contributed by atoms with E-state index in [-0.39, 0.29) is 12.2 Å². The van der Waals surface area contributed by atoms with Crippen LogP contribution in [0, 0.1) is 5.92 Å². The third kappa shape index (κ3) is 5.82. The molecule has 0 bridgehead atoms. The van der Waals surface area contributed by atoms with Crippen molar-refractivity contribution in [2.75, 3.05) is 45.4 Å². The van der Waals surface area contributed by atoms with Gasteiger partial charge in [0.2, 0.25) is 0 Å². The predicted molar refractivity (Wildman–Crippen MR) is 81.9 cm³/mol. The second-order valence-corrected chi connectivity index (χ2v) is 8.76. The summed E-state index contributed by atoms with van der Waals surface area (Å²) in [4.78, 5) is 13.7. The van der Waals surface area contributed by atoms with Gasteiger partial charge in [-0.1, -0.05) is 0 Å². The largest absolute Gasteiger partial charge is 0.447 e. The molecule has 0 radical (unpaired) electrons. The summed E-state index contributed by atoms with van der Waals surface area (Å²) in [7, 11) is -2.02. The van der Waals surface area contributed by atoms with Gasteiger partial charge in [0.05, 0.1) is 12.6 Å². The van der Waals surface area contributed by atoms with Crippen LogP contribution in [0.4, 0.5) is 4.79 Å². The van der Waals surface area contributed by atoms with Crippen molar-refractivity contribution in [1.82, 2.24) is 4.90 Å².